The highest BCUT2D eigenvalue weighted by Gasteiger charge is 2.37. The van der Waals surface area contributed by atoms with Gasteiger partial charge in [0.2, 0.25) is 0 Å². The predicted octanol–water partition coefficient (Wildman–Crippen LogP) is 2.90. The Morgan fingerprint density at radius 2 is 1.86 bits per heavy atom. The lowest BCUT2D eigenvalue weighted by atomic mass is 10.2. The van der Waals surface area contributed by atoms with Crippen molar-refractivity contribution in [2.75, 3.05) is 7.11 Å². The lowest BCUT2D eigenvalue weighted by Crippen LogP contribution is -2.09. The van der Waals surface area contributed by atoms with Crippen molar-refractivity contribution in [1.29, 1.82) is 0 Å². The van der Waals surface area contributed by atoms with Gasteiger partial charge < -0.3 is 4.74 Å². The Kier molecular flexibility index (Phi) is 3.44. The Morgan fingerprint density at radius 1 is 1.14 bits per heavy atom. The molecule has 0 aliphatic rings. The van der Waals surface area contributed by atoms with E-state index in [-0.39, 0.29) is 11.9 Å². The molecule has 0 N–H and O–H groups in total. The maximum absolute atomic E-state index is 13.1. The highest BCUT2D eigenvalue weighted by molar-refractivity contribution is 5.81. The normalized spacial score (nSPS) is 11.8. The van der Waals surface area contributed by atoms with Crippen LogP contribution in [0.15, 0.2) is 36.9 Å². The molecule has 0 bridgehead atoms. The van der Waals surface area contributed by atoms with Crippen molar-refractivity contribution in [3.05, 3.63) is 48.2 Å². The molecule has 0 unspecified atom stereocenters. The van der Waals surface area contributed by atoms with E-state index < -0.39 is 11.9 Å². The van der Waals surface area contributed by atoms with Gasteiger partial charge in [-0.3, -0.25) is 14.6 Å². The molecule has 0 saturated heterocycles. The quantitative estimate of drug-likeness (QED) is 0.746. The third kappa shape index (κ3) is 2.47. The van der Waals surface area contributed by atoms with Crippen molar-refractivity contribution < 1.29 is 17.9 Å². The van der Waals surface area contributed by atoms with Gasteiger partial charge >= 0.3 is 6.18 Å². The summed E-state index contributed by atoms with van der Waals surface area (Å²) in [4.78, 5) is 7.72. The van der Waals surface area contributed by atoms with Crippen LogP contribution in [0.4, 0.5) is 13.2 Å². The van der Waals surface area contributed by atoms with Crippen LogP contribution in [0, 0.1) is 0 Å². The van der Waals surface area contributed by atoms with Gasteiger partial charge in [0, 0.05) is 30.4 Å². The lowest BCUT2D eigenvalue weighted by molar-refractivity contribution is -0.140. The van der Waals surface area contributed by atoms with Gasteiger partial charge in [0.1, 0.15) is 5.75 Å². The van der Waals surface area contributed by atoms with Crippen LogP contribution in [0.3, 0.4) is 0 Å². The summed E-state index contributed by atoms with van der Waals surface area (Å²) in [7, 11) is 1.49. The molecule has 3 rings (SSSR count). The molecule has 8 heteroatoms. The number of halogens is 3. The number of pyridine rings is 2. The molecular weight excluding hydrogens is 297 g/mol. The topological polar surface area (TPSA) is 52.8 Å². The van der Waals surface area contributed by atoms with Crippen LogP contribution in [0.2, 0.25) is 0 Å². The number of nitrogens with zero attached hydrogens (tertiary/aromatic N) is 4. The van der Waals surface area contributed by atoms with E-state index in [1.165, 1.54) is 30.3 Å². The standard InChI is InChI=1S/C14H11F3N4O/c1-22-12-3-5-18-6-9(12)8-21-11-2-4-19-7-10(11)13(20-21)14(15,16)17/h2-7H,8H2,1H3. The lowest BCUT2D eigenvalue weighted by Gasteiger charge is -2.08. The van der Waals surface area contributed by atoms with Crippen LogP contribution in [0.5, 0.6) is 5.75 Å². The number of aromatic nitrogens is 4. The zero-order chi connectivity index (χ0) is 15.7. The van der Waals surface area contributed by atoms with Gasteiger partial charge in [-0.15, -0.1) is 0 Å². The number of alkyl halides is 3. The molecule has 5 nitrogen and oxygen atoms in total. The summed E-state index contributed by atoms with van der Waals surface area (Å²) in [5.41, 5.74) is 0.0478. The second kappa shape index (κ2) is 5.28. The average Bonchev–Trinajstić information content (AvgIpc) is 2.87. The first-order valence-corrected chi connectivity index (χ1v) is 6.35. The molecule has 3 aromatic heterocycles. The molecule has 0 spiro atoms. The molecule has 0 atom stereocenters. The van der Waals surface area contributed by atoms with Crippen molar-refractivity contribution in [3.63, 3.8) is 0 Å². The highest BCUT2D eigenvalue weighted by atomic mass is 19.4. The summed E-state index contributed by atoms with van der Waals surface area (Å²) < 4.78 is 45.7. The fourth-order valence-corrected chi connectivity index (χ4v) is 2.25. The van der Waals surface area contributed by atoms with Crippen molar-refractivity contribution in [1.82, 2.24) is 19.7 Å². The van der Waals surface area contributed by atoms with Crippen LogP contribution < -0.4 is 4.74 Å². The van der Waals surface area contributed by atoms with E-state index in [0.717, 1.165) is 0 Å². The minimum absolute atomic E-state index is 0.0298. The Bertz CT molecular complexity index is 813. The Morgan fingerprint density at radius 3 is 2.59 bits per heavy atom. The minimum Gasteiger partial charge on any atom is -0.496 e. The summed E-state index contributed by atoms with van der Waals surface area (Å²) in [6, 6.07) is 3.15. The molecule has 22 heavy (non-hydrogen) atoms. The number of hydrogen-bond acceptors (Lipinski definition) is 4. The Balaban J connectivity index is 2.12. The molecule has 0 aliphatic heterocycles. The molecule has 3 aromatic rings. The van der Waals surface area contributed by atoms with Crippen LogP contribution in [0.25, 0.3) is 10.9 Å². The average molecular weight is 308 g/mol. The first-order chi connectivity index (χ1) is 10.5. The molecule has 3 heterocycles. The Hall–Kier alpha value is -2.64. The van der Waals surface area contributed by atoms with Crippen LogP contribution in [-0.2, 0) is 12.7 Å². The summed E-state index contributed by atoms with van der Waals surface area (Å²) in [5.74, 6) is 0.543. The monoisotopic (exact) mass is 308 g/mol. The van der Waals surface area contributed by atoms with E-state index >= 15 is 0 Å². The second-order valence-electron chi connectivity index (χ2n) is 4.58. The largest absolute Gasteiger partial charge is 0.496 e. The number of ether oxygens (including phenoxy) is 1. The van der Waals surface area contributed by atoms with Crippen molar-refractivity contribution in [3.8, 4) is 5.75 Å². The van der Waals surface area contributed by atoms with Crippen LogP contribution in [0.1, 0.15) is 11.3 Å². The van der Waals surface area contributed by atoms with Gasteiger partial charge in [-0.25, -0.2) is 0 Å². The molecule has 0 aliphatic carbocycles. The van der Waals surface area contributed by atoms with E-state index in [0.29, 0.717) is 16.8 Å². The number of rotatable bonds is 3. The van der Waals surface area contributed by atoms with Crippen molar-refractivity contribution in [2.45, 2.75) is 12.7 Å². The first-order valence-electron chi connectivity index (χ1n) is 6.35. The predicted molar refractivity (Wildman–Crippen MR) is 72.4 cm³/mol. The van der Waals surface area contributed by atoms with E-state index in [2.05, 4.69) is 15.1 Å². The first kappa shape index (κ1) is 14.3. The van der Waals surface area contributed by atoms with Gasteiger partial charge in [0.25, 0.3) is 0 Å². The fraction of sp³-hybridized carbons (Fsp3) is 0.214. The molecule has 0 saturated carbocycles. The summed E-state index contributed by atoms with van der Waals surface area (Å²) in [6.07, 6.45) is 1.16. The smallest absolute Gasteiger partial charge is 0.435 e. The van der Waals surface area contributed by atoms with E-state index in [9.17, 15) is 13.2 Å². The maximum Gasteiger partial charge on any atom is 0.435 e. The maximum atomic E-state index is 13.1. The number of methoxy groups -OCH3 is 1. The molecule has 0 fully saturated rings. The fourth-order valence-electron chi connectivity index (χ4n) is 2.25. The summed E-state index contributed by atoms with van der Waals surface area (Å²) in [5, 5.41) is 3.67. The van der Waals surface area contributed by atoms with E-state index in [4.69, 9.17) is 4.74 Å². The van der Waals surface area contributed by atoms with E-state index in [1.807, 2.05) is 0 Å². The molecule has 114 valence electrons. The summed E-state index contributed by atoms with van der Waals surface area (Å²) in [6.45, 7) is 0.119. The van der Waals surface area contributed by atoms with Crippen molar-refractivity contribution in [2.24, 2.45) is 0 Å². The zero-order valence-electron chi connectivity index (χ0n) is 11.5. The second-order valence-corrected chi connectivity index (χ2v) is 4.58. The third-order valence-electron chi connectivity index (χ3n) is 3.22. The Labute approximate surface area is 123 Å². The van der Waals surface area contributed by atoms with Gasteiger partial charge in [0.15, 0.2) is 5.69 Å². The van der Waals surface area contributed by atoms with E-state index in [1.54, 1.807) is 18.5 Å². The molecule has 0 amide bonds. The minimum atomic E-state index is -4.54. The molecule has 0 aromatic carbocycles. The van der Waals surface area contributed by atoms with Crippen LogP contribution in [-0.4, -0.2) is 26.9 Å². The van der Waals surface area contributed by atoms with Gasteiger partial charge in [-0.2, -0.15) is 18.3 Å². The number of fused-ring (bicyclic) bond motifs is 1. The van der Waals surface area contributed by atoms with Gasteiger partial charge in [0.05, 0.1) is 24.6 Å². The molecule has 0 radical (unpaired) electrons. The molecular formula is C14H11F3N4O. The highest BCUT2D eigenvalue weighted by Crippen LogP contribution is 2.34. The van der Waals surface area contributed by atoms with Gasteiger partial charge in [-0.1, -0.05) is 0 Å². The summed E-state index contributed by atoms with van der Waals surface area (Å²) >= 11 is 0. The SMILES string of the molecule is COc1ccncc1Cn1nc(C(F)(F)F)c2cnccc21. The zero-order valence-corrected chi connectivity index (χ0v) is 11.5. The van der Waals surface area contributed by atoms with Crippen molar-refractivity contribution >= 4 is 10.9 Å². The van der Waals surface area contributed by atoms with Gasteiger partial charge in [-0.05, 0) is 12.1 Å². The van der Waals surface area contributed by atoms with Crippen LogP contribution >= 0.6 is 0 Å². The number of hydrogen-bond donors (Lipinski definition) is 0. The third-order valence-corrected chi connectivity index (χ3v) is 3.22.